The molecule has 2 atom stereocenters. The molecule has 0 aromatic carbocycles. The Bertz CT molecular complexity index is 208. The fourth-order valence-corrected chi connectivity index (χ4v) is 2.04. The molecule has 0 radical (unpaired) electrons. The van der Waals surface area contributed by atoms with E-state index in [9.17, 15) is 4.79 Å². The Balaban J connectivity index is 2.35. The first-order valence-corrected chi connectivity index (χ1v) is 5.70. The summed E-state index contributed by atoms with van der Waals surface area (Å²) in [7, 11) is 0. The summed E-state index contributed by atoms with van der Waals surface area (Å²) in [6.45, 7) is 6.23. The van der Waals surface area contributed by atoms with Crippen molar-refractivity contribution in [2.75, 3.05) is 26.3 Å². The van der Waals surface area contributed by atoms with Gasteiger partial charge >= 0.3 is 5.97 Å². The lowest BCUT2D eigenvalue weighted by molar-refractivity contribution is -0.148. The van der Waals surface area contributed by atoms with Crippen molar-refractivity contribution in [2.45, 2.75) is 32.7 Å². The third kappa shape index (κ3) is 3.47. The highest BCUT2D eigenvalue weighted by Gasteiger charge is 2.29. The van der Waals surface area contributed by atoms with Gasteiger partial charge in [0, 0.05) is 13.2 Å². The minimum atomic E-state index is -0.145. The van der Waals surface area contributed by atoms with E-state index in [1.165, 1.54) is 0 Å². The van der Waals surface area contributed by atoms with E-state index in [2.05, 4.69) is 4.90 Å². The van der Waals surface area contributed by atoms with E-state index in [1.54, 1.807) is 0 Å². The average Bonchev–Trinajstić information content (AvgIpc) is 2.66. The van der Waals surface area contributed by atoms with Crippen molar-refractivity contribution in [1.82, 2.24) is 4.90 Å². The summed E-state index contributed by atoms with van der Waals surface area (Å²) in [6.07, 6.45) is 1.91. The molecule has 0 aromatic rings. The van der Waals surface area contributed by atoms with Gasteiger partial charge in [0.05, 0.1) is 6.61 Å². The zero-order chi connectivity index (χ0) is 11.3. The Labute approximate surface area is 91.2 Å². The molecule has 2 unspecified atom stereocenters. The predicted molar refractivity (Wildman–Crippen MR) is 57.5 cm³/mol. The number of esters is 1. The maximum absolute atomic E-state index is 11.5. The van der Waals surface area contributed by atoms with Gasteiger partial charge in [0.1, 0.15) is 6.04 Å². The number of likely N-dealkylation sites (tertiary alicyclic amines) is 1. The van der Waals surface area contributed by atoms with E-state index in [0.29, 0.717) is 12.5 Å². The summed E-state index contributed by atoms with van der Waals surface area (Å²) in [5.74, 6) is 0.397. The summed E-state index contributed by atoms with van der Waals surface area (Å²) >= 11 is 0. The standard InChI is InChI=1S/C11H21NO3/c1-3-15-11(14)9(2)12-6-4-10(8-12)5-7-13/h9-10,13H,3-8H2,1-2H3. The number of hydrogen-bond donors (Lipinski definition) is 1. The van der Waals surface area contributed by atoms with Crippen molar-refractivity contribution >= 4 is 5.97 Å². The molecule has 88 valence electrons. The molecule has 4 nitrogen and oxygen atoms in total. The van der Waals surface area contributed by atoms with Crippen LogP contribution in [0.5, 0.6) is 0 Å². The lowest BCUT2D eigenvalue weighted by Crippen LogP contribution is -2.38. The lowest BCUT2D eigenvalue weighted by atomic mass is 10.1. The van der Waals surface area contributed by atoms with Crippen LogP contribution in [0.1, 0.15) is 26.7 Å². The van der Waals surface area contributed by atoms with Gasteiger partial charge in [-0.1, -0.05) is 0 Å². The molecule has 1 fully saturated rings. The first kappa shape index (κ1) is 12.5. The molecule has 0 aromatic heterocycles. The number of hydrogen-bond acceptors (Lipinski definition) is 4. The normalized spacial score (nSPS) is 24.1. The molecule has 1 heterocycles. The summed E-state index contributed by atoms with van der Waals surface area (Å²) in [4.78, 5) is 13.6. The van der Waals surface area contributed by atoms with Crippen molar-refractivity contribution in [3.8, 4) is 0 Å². The third-order valence-corrected chi connectivity index (χ3v) is 3.03. The van der Waals surface area contributed by atoms with Crippen LogP contribution in [0.3, 0.4) is 0 Å². The van der Waals surface area contributed by atoms with Crippen LogP contribution in [-0.2, 0) is 9.53 Å². The highest BCUT2D eigenvalue weighted by atomic mass is 16.5. The first-order chi connectivity index (χ1) is 7.19. The molecule has 1 aliphatic heterocycles. The average molecular weight is 215 g/mol. The fraction of sp³-hybridized carbons (Fsp3) is 0.909. The summed E-state index contributed by atoms with van der Waals surface area (Å²) in [6, 6.07) is -0.145. The quantitative estimate of drug-likeness (QED) is 0.684. The second-order valence-electron chi connectivity index (χ2n) is 4.09. The second kappa shape index (κ2) is 6.08. The van der Waals surface area contributed by atoms with Crippen LogP contribution in [-0.4, -0.2) is 48.3 Å². The molecule has 1 aliphatic rings. The van der Waals surface area contributed by atoms with E-state index in [0.717, 1.165) is 25.9 Å². The maximum atomic E-state index is 11.5. The number of nitrogens with zero attached hydrogens (tertiary/aromatic N) is 1. The number of rotatable bonds is 5. The Kier molecular flexibility index (Phi) is 5.05. The zero-order valence-electron chi connectivity index (χ0n) is 9.61. The van der Waals surface area contributed by atoms with Gasteiger partial charge in [-0.25, -0.2) is 0 Å². The van der Waals surface area contributed by atoms with Crippen molar-refractivity contribution in [3.63, 3.8) is 0 Å². The van der Waals surface area contributed by atoms with Crippen LogP contribution in [0, 0.1) is 5.92 Å². The molecule has 1 N–H and O–H groups in total. The Hall–Kier alpha value is -0.610. The van der Waals surface area contributed by atoms with Gasteiger partial charge in [-0.15, -0.1) is 0 Å². The van der Waals surface area contributed by atoms with Gasteiger partial charge in [-0.3, -0.25) is 9.69 Å². The monoisotopic (exact) mass is 215 g/mol. The molecular formula is C11H21NO3. The molecule has 1 saturated heterocycles. The number of carbonyl (C=O) groups excluding carboxylic acids is 1. The van der Waals surface area contributed by atoms with Crippen molar-refractivity contribution < 1.29 is 14.6 Å². The van der Waals surface area contributed by atoms with E-state index in [4.69, 9.17) is 9.84 Å². The molecule has 0 aliphatic carbocycles. The summed E-state index contributed by atoms with van der Waals surface area (Å²) in [5, 5.41) is 8.83. The Morgan fingerprint density at radius 1 is 1.67 bits per heavy atom. The molecule has 0 saturated carbocycles. The van der Waals surface area contributed by atoms with Crippen molar-refractivity contribution in [3.05, 3.63) is 0 Å². The smallest absolute Gasteiger partial charge is 0.323 e. The predicted octanol–water partition coefficient (Wildman–Crippen LogP) is 0.642. The third-order valence-electron chi connectivity index (χ3n) is 3.03. The van der Waals surface area contributed by atoms with Gasteiger partial charge < -0.3 is 9.84 Å². The zero-order valence-corrected chi connectivity index (χ0v) is 9.61. The van der Waals surface area contributed by atoms with Gasteiger partial charge in [-0.2, -0.15) is 0 Å². The van der Waals surface area contributed by atoms with Crippen LogP contribution >= 0.6 is 0 Å². The van der Waals surface area contributed by atoms with Crippen LogP contribution in [0.2, 0.25) is 0 Å². The topological polar surface area (TPSA) is 49.8 Å². The van der Waals surface area contributed by atoms with Crippen LogP contribution in [0.4, 0.5) is 0 Å². The van der Waals surface area contributed by atoms with Crippen LogP contribution in [0.15, 0.2) is 0 Å². The van der Waals surface area contributed by atoms with E-state index < -0.39 is 0 Å². The molecule has 0 amide bonds. The van der Waals surface area contributed by atoms with E-state index in [-0.39, 0.29) is 18.6 Å². The fourth-order valence-electron chi connectivity index (χ4n) is 2.04. The molecule has 0 bridgehead atoms. The summed E-state index contributed by atoms with van der Waals surface area (Å²) < 4.78 is 4.98. The lowest BCUT2D eigenvalue weighted by Gasteiger charge is -2.22. The van der Waals surface area contributed by atoms with Gasteiger partial charge in [0.2, 0.25) is 0 Å². The van der Waals surface area contributed by atoms with Gasteiger partial charge in [-0.05, 0) is 39.2 Å². The highest BCUT2D eigenvalue weighted by molar-refractivity contribution is 5.75. The van der Waals surface area contributed by atoms with Gasteiger partial charge in [0.15, 0.2) is 0 Å². The first-order valence-electron chi connectivity index (χ1n) is 5.70. The Morgan fingerprint density at radius 2 is 2.40 bits per heavy atom. The minimum Gasteiger partial charge on any atom is -0.465 e. The second-order valence-corrected chi connectivity index (χ2v) is 4.09. The van der Waals surface area contributed by atoms with Crippen LogP contribution < -0.4 is 0 Å². The highest BCUT2D eigenvalue weighted by Crippen LogP contribution is 2.21. The molecule has 0 spiro atoms. The molecular weight excluding hydrogens is 194 g/mol. The molecule has 1 rings (SSSR count). The minimum absolute atomic E-state index is 0.137. The SMILES string of the molecule is CCOC(=O)C(C)N1CCC(CCO)C1. The van der Waals surface area contributed by atoms with Crippen LogP contribution in [0.25, 0.3) is 0 Å². The van der Waals surface area contributed by atoms with Crippen molar-refractivity contribution in [2.24, 2.45) is 5.92 Å². The number of ether oxygens (including phenoxy) is 1. The van der Waals surface area contributed by atoms with E-state index >= 15 is 0 Å². The molecule has 4 heteroatoms. The number of carbonyl (C=O) groups is 1. The largest absolute Gasteiger partial charge is 0.465 e. The van der Waals surface area contributed by atoms with E-state index in [1.807, 2.05) is 13.8 Å². The van der Waals surface area contributed by atoms with Crippen molar-refractivity contribution in [1.29, 1.82) is 0 Å². The number of aliphatic hydroxyl groups is 1. The maximum Gasteiger partial charge on any atom is 0.323 e. The molecule has 15 heavy (non-hydrogen) atoms. The Morgan fingerprint density at radius 3 is 3.00 bits per heavy atom. The number of aliphatic hydroxyl groups excluding tert-OH is 1. The van der Waals surface area contributed by atoms with Gasteiger partial charge in [0.25, 0.3) is 0 Å². The summed E-state index contributed by atoms with van der Waals surface area (Å²) in [5.41, 5.74) is 0.